The van der Waals surface area contributed by atoms with Crippen molar-refractivity contribution in [2.24, 2.45) is 5.92 Å². The number of piperazine rings is 1. The number of aromatic amines is 1. The first-order valence-corrected chi connectivity index (χ1v) is 11.1. The third-order valence-corrected chi connectivity index (χ3v) is 5.86. The molecule has 1 aliphatic heterocycles. The van der Waals surface area contributed by atoms with Crippen molar-refractivity contribution in [2.75, 3.05) is 26.2 Å². The lowest BCUT2D eigenvalue weighted by molar-refractivity contribution is -0.124. The molecule has 2 aromatic heterocycles. The molecule has 0 saturated carbocycles. The van der Waals surface area contributed by atoms with Crippen LogP contribution in [0.15, 0.2) is 53.1 Å². The van der Waals surface area contributed by atoms with E-state index in [1.54, 1.807) is 28.2 Å². The van der Waals surface area contributed by atoms with Gasteiger partial charge in [0, 0.05) is 37.1 Å². The fourth-order valence-electron chi connectivity index (χ4n) is 3.93. The van der Waals surface area contributed by atoms with Crippen molar-refractivity contribution in [1.29, 1.82) is 0 Å². The predicted octanol–water partition coefficient (Wildman–Crippen LogP) is 2.57. The average Bonchev–Trinajstić information content (AvgIpc) is 3.50. The Balaban J connectivity index is 1.30. The molecule has 1 atom stereocenters. The monoisotopic (exact) mass is 451 g/mol. The molecule has 174 valence electrons. The molecule has 0 aliphatic carbocycles. The van der Waals surface area contributed by atoms with Crippen LogP contribution in [0.4, 0.5) is 4.79 Å². The summed E-state index contributed by atoms with van der Waals surface area (Å²) in [5.41, 5.74) is 1.46. The molecule has 4 amide bonds. The summed E-state index contributed by atoms with van der Waals surface area (Å²) in [6.07, 6.45) is 1.55. The lowest BCUT2D eigenvalue weighted by Crippen LogP contribution is -2.57. The highest BCUT2D eigenvalue weighted by Crippen LogP contribution is 2.17. The van der Waals surface area contributed by atoms with Crippen molar-refractivity contribution in [3.8, 4) is 0 Å². The minimum atomic E-state index is -0.668. The molecule has 3 aromatic rings. The highest BCUT2D eigenvalue weighted by Gasteiger charge is 2.29. The Labute approximate surface area is 192 Å². The molecule has 33 heavy (non-hydrogen) atoms. The Morgan fingerprint density at radius 2 is 1.76 bits per heavy atom. The second-order valence-corrected chi connectivity index (χ2v) is 8.52. The molecule has 0 bridgehead atoms. The summed E-state index contributed by atoms with van der Waals surface area (Å²) in [4.78, 5) is 44.9. The van der Waals surface area contributed by atoms with E-state index in [4.69, 9.17) is 4.42 Å². The third-order valence-electron chi connectivity index (χ3n) is 5.86. The van der Waals surface area contributed by atoms with E-state index < -0.39 is 6.04 Å². The Bertz CT molecular complexity index is 1080. The van der Waals surface area contributed by atoms with Gasteiger partial charge in [-0.15, -0.1) is 0 Å². The van der Waals surface area contributed by atoms with Crippen molar-refractivity contribution in [3.05, 3.63) is 60.2 Å². The van der Waals surface area contributed by atoms with Crippen molar-refractivity contribution in [2.45, 2.75) is 26.4 Å². The van der Waals surface area contributed by atoms with Gasteiger partial charge in [-0.3, -0.25) is 9.59 Å². The number of amides is 4. The zero-order valence-corrected chi connectivity index (χ0v) is 18.8. The van der Waals surface area contributed by atoms with Crippen LogP contribution in [-0.2, 0) is 11.3 Å². The molecular weight excluding hydrogens is 422 g/mol. The normalized spacial score (nSPS) is 15.0. The number of fused-ring (bicyclic) bond motifs is 1. The maximum absolute atomic E-state index is 12.9. The summed E-state index contributed by atoms with van der Waals surface area (Å²) >= 11 is 0. The molecule has 0 unspecified atom stereocenters. The number of urea groups is 1. The number of nitrogens with zero attached hydrogens (tertiary/aromatic N) is 2. The molecule has 9 heteroatoms. The molecule has 4 rings (SSSR count). The lowest BCUT2D eigenvalue weighted by Gasteiger charge is -2.35. The maximum Gasteiger partial charge on any atom is 0.318 e. The molecular formula is C24H29N5O4. The molecule has 3 heterocycles. The minimum absolute atomic E-state index is 0.0800. The summed E-state index contributed by atoms with van der Waals surface area (Å²) in [7, 11) is 0. The van der Waals surface area contributed by atoms with Crippen LogP contribution in [-0.4, -0.2) is 64.9 Å². The van der Waals surface area contributed by atoms with Gasteiger partial charge in [-0.2, -0.15) is 0 Å². The van der Waals surface area contributed by atoms with Crippen molar-refractivity contribution < 1.29 is 18.8 Å². The summed E-state index contributed by atoms with van der Waals surface area (Å²) < 4.78 is 5.23. The highest BCUT2D eigenvalue weighted by molar-refractivity contribution is 5.98. The number of rotatable bonds is 6. The molecule has 0 spiro atoms. The molecule has 9 nitrogen and oxygen atoms in total. The number of aromatic nitrogens is 1. The number of benzene rings is 1. The zero-order chi connectivity index (χ0) is 23.4. The summed E-state index contributed by atoms with van der Waals surface area (Å²) in [5.74, 6) is 0.217. The average molecular weight is 452 g/mol. The number of hydrogen-bond acceptors (Lipinski definition) is 4. The van der Waals surface area contributed by atoms with Crippen LogP contribution in [0.1, 0.15) is 30.1 Å². The fourth-order valence-corrected chi connectivity index (χ4v) is 3.93. The third kappa shape index (κ3) is 5.19. The standard InChI is InChI=1S/C24H29N5O4/c1-16(2)21(22(30)25-15-18-7-5-13-33-18)27-24(32)29-11-9-28(10-12-29)23(31)20-14-17-6-3-4-8-19(17)26-20/h3-8,13-14,16,21,26H,9-12,15H2,1-2H3,(H,25,30)(H,27,32)/t21-/m1/s1. The van der Waals surface area contributed by atoms with Crippen LogP contribution < -0.4 is 10.6 Å². The minimum Gasteiger partial charge on any atom is -0.467 e. The highest BCUT2D eigenvalue weighted by atomic mass is 16.3. The first kappa shape index (κ1) is 22.4. The van der Waals surface area contributed by atoms with Gasteiger partial charge in [0.05, 0.1) is 12.8 Å². The van der Waals surface area contributed by atoms with Gasteiger partial charge in [0.25, 0.3) is 5.91 Å². The van der Waals surface area contributed by atoms with Crippen LogP contribution in [0, 0.1) is 5.92 Å². The van der Waals surface area contributed by atoms with E-state index in [9.17, 15) is 14.4 Å². The summed E-state index contributed by atoms with van der Waals surface area (Å²) in [6, 6.07) is 12.2. The quantitative estimate of drug-likeness (QED) is 0.535. The van der Waals surface area contributed by atoms with Crippen LogP contribution in [0.25, 0.3) is 10.9 Å². The fraction of sp³-hybridized carbons (Fsp3) is 0.375. The molecule has 0 radical (unpaired) electrons. The molecule has 1 fully saturated rings. The van der Waals surface area contributed by atoms with Crippen LogP contribution in [0.5, 0.6) is 0 Å². The number of para-hydroxylation sites is 1. The van der Waals surface area contributed by atoms with E-state index in [0.29, 0.717) is 37.6 Å². The Morgan fingerprint density at radius 1 is 1.03 bits per heavy atom. The summed E-state index contributed by atoms with van der Waals surface area (Å²) in [6.45, 7) is 5.69. The number of hydrogen-bond donors (Lipinski definition) is 3. The second-order valence-electron chi connectivity index (χ2n) is 8.52. The van der Waals surface area contributed by atoms with E-state index in [-0.39, 0.29) is 30.3 Å². The van der Waals surface area contributed by atoms with Gasteiger partial charge < -0.3 is 29.8 Å². The Morgan fingerprint density at radius 3 is 2.42 bits per heavy atom. The van der Waals surface area contributed by atoms with Crippen LogP contribution in [0.2, 0.25) is 0 Å². The smallest absolute Gasteiger partial charge is 0.318 e. The van der Waals surface area contributed by atoms with Crippen molar-refractivity contribution in [1.82, 2.24) is 25.4 Å². The van der Waals surface area contributed by atoms with Gasteiger partial charge in [0.1, 0.15) is 17.5 Å². The number of furan rings is 1. The van der Waals surface area contributed by atoms with Crippen LogP contribution >= 0.6 is 0 Å². The van der Waals surface area contributed by atoms with Crippen molar-refractivity contribution in [3.63, 3.8) is 0 Å². The largest absolute Gasteiger partial charge is 0.467 e. The number of nitrogens with one attached hydrogen (secondary N) is 3. The van der Waals surface area contributed by atoms with E-state index in [0.717, 1.165) is 10.9 Å². The first-order chi connectivity index (χ1) is 15.9. The summed E-state index contributed by atoms with van der Waals surface area (Å²) in [5, 5.41) is 6.64. The molecule has 1 aliphatic rings. The number of carbonyl (C=O) groups excluding carboxylic acids is 3. The van der Waals surface area contributed by atoms with Gasteiger partial charge in [-0.25, -0.2) is 4.79 Å². The Hall–Kier alpha value is -3.75. The van der Waals surface area contributed by atoms with Crippen LogP contribution in [0.3, 0.4) is 0 Å². The Kier molecular flexibility index (Phi) is 6.67. The van der Waals surface area contributed by atoms with Gasteiger partial charge in [-0.1, -0.05) is 32.0 Å². The van der Waals surface area contributed by atoms with Gasteiger partial charge in [-0.05, 0) is 30.2 Å². The zero-order valence-electron chi connectivity index (χ0n) is 18.8. The van der Waals surface area contributed by atoms with Gasteiger partial charge >= 0.3 is 6.03 Å². The topological polar surface area (TPSA) is 111 Å². The van der Waals surface area contributed by atoms with E-state index in [2.05, 4.69) is 15.6 Å². The van der Waals surface area contributed by atoms with Crippen molar-refractivity contribution >= 4 is 28.7 Å². The SMILES string of the molecule is CC(C)[C@@H](NC(=O)N1CCN(C(=O)c2cc3ccccc3[nH]2)CC1)C(=O)NCc1ccco1. The van der Waals surface area contributed by atoms with E-state index in [1.807, 2.05) is 44.2 Å². The van der Waals surface area contributed by atoms with E-state index in [1.165, 1.54) is 0 Å². The van der Waals surface area contributed by atoms with Gasteiger partial charge in [0.15, 0.2) is 0 Å². The lowest BCUT2D eigenvalue weighted by atomic mass is 10.0. The molecule has 1 aromatic carbocycles. The first-order valence-electron chi connectivity index (χ1n) is 11.1. The molecule has 1 saturated heterocycles. The number of carbonyl (C=O) groups is 3. The number of H-pyrrole nitrogens is 1. The predicted molar refractivity (Wildman–Crippen MR) is 123 cm³/mol. The second kappa shape index (κ2) is 9.81. The molecule has 3 N–H and O–H groups in total. The maximum atomic E-state index is 12.9. The van der Waals surface area contributed by atoms with Gasteiger partial charge in [0.2, 0.25) is 5.91 Å². The van der Waals surface area contributed by atoms with E-state index >= 15 is 0 Å².